The first-order valence-corrected chi connectivity index (χ1v) is 10.6. The van der Waals surface area contributed by atoms with Crippen molar-refractivity contribution in [3.05, 3.63) is 27.8 Å². The molecule has 1 fully saturated rings. The topological polar surface area (TPSA) is 69.7 Å². The van der Waals surface area contributed by atoms with Crippen LogP contribution in [0, 0.1) is 3.57 Å². The average molecular weight is 465 g/mol. The number of amides is 2. The molecule has 1 saturated heterocycles. The van der Waals surface area contributed by atoms with E-state index in [1.165, 1.54) is 0 Å². The summed E-state index contributed by atoms with van der Waals surface area (Å²) < 4.78 is 26.6. The van der Waals surface area contributed by atoms with E-state index < -0.39 is 15.1 Å². The quantitative estimate of drug-likeness (QED) is 0.674. The predicted molar refractivity (Wildman–Crippen MR) is 103 cm³/mol. The minimum Gasteiger partial charge on any atom is -0.337 e. The highest BCUT2D eigenvalue weighted by Gasteiger charge is 2.33. The summed E-state index contributed by atoms with van der Waals surface area (Å²) in [6.07, 6.45) is 1.30. The van der Waals surface area contributed by atoms with Crippen molar-refractivity contribution in [2.75, 3.05) is 40.3 Å². The maximum atomic E-state index is 12.8. The van der Waals surface area contributed by atoms with E-state index in [1.54, 1.807) is 29.2 Å². The molecule has 2 rings (SSSR count). The number of piperidine rings is 1. The Morgan fingerprint density at radius 1 is 1.33 bits per heavy atom. The van der Waals surface area contributed by atoms with Gasteiger partial charge in [-0.1, -0.05) is 0 Å². The van der Waals surface area contributed by atoms with Crippen molar-refractivity contribution in [3.63, 3.8) is 0 Å². The fourth-order valence-corrected chi connectivity index (χ4v) is 4.80. The average Bonchev–Trinajstić information content (AvgIpc) is 2.55. The van der Waals surface area contributed by atoms with Crippen molar-refractivity contribution in [1.29, 1.82) is 0 Å². The number of hydrogen-bond donors (Lipinski definition) is 1. The second-order valence-electron chi connectivity index (χ2n) is 6.24. The predicted octanol–water partition coefficient (Wildman–Crippen LogP) is 1.80. The summed E-state index contributed by atoms with van der Waals surface area (Å²) in [4.78, 5) is 16.2. The van der Waals surface area contributed by atoms with Crippen molar-refractivity contribution in [3.8, 4) is 0 Å². The molecule has 0 aromatic heterocycles. The molecule has 1 aliphatic heterocycles. The Hall–Kier alpha value is -0.870. The third-order valence-corrected chi connectivity index (χ3v) is 6.99. The van der Waals surface area contributed by atoms with Crippen molar-refractivity contribution < 1.29 is 13.2 Å². The smallest absolute Gasteiger partial charge is 0.317 e. The number of benzene rings is 1. The molecule has 0 radical (unpaired) electrons. The first-order chi connectivity index (χ1) is 11.3. The highest BCUT2D eigenvalue weighted by Crippen LogP contribution is 2.24. The molecule has 134 valence electrons. The van der Waals surface area contributed by atoms with Gasteiger partial charge in [0.15, 0.2) is 9.84 Å². The van der Waals surface area contributed by atoms with Crippen molar-refractivity contribution in [1.82, 2.24) is 15.1 Å². The number of likely N-dealkylation sites (N-methyl/N-ethyl adjacent to an activating group) is 1. The van der Waals surface area contributed by atoms with E-state index in [4.69, 9.17) is 0 Å². The van der Waals surface area contributed by atoms with E-state index in [1.807, 2.05) is 19.0 Å². The Kier molecular flexibility index (Phi) is 6.88. The van der Waals surface area contributed by atoms with Crippen LogP contribution in [0.15, 0.2) is 29.2 Å². The van der Waals surface area contributed by atoms with Crippen LogP contribution in [0.1, 0.15) is 12.8 Å². The molecule has 1 aromatic carbocycles. The third kappa shape index (κ3) is 5.06. The van der Waals surface area contributed by atoms with Crippen LogP contribution in [0.2, 0.25) is 0 Å². The largest absolute Gasteiger partial charge is 0.337 e. The number of halogens is 1. The number of carbonyl (C=O) groups is 1. The monoisotopic (exact) mass is 465 g/mol. The molecule has 0 bridgehead atoms. The Morgan fingerprint density at radius 3 is 2.62 bits per heavy atom. The summed E-state index contributed by atoms with van der Waals surface area (Å²) >= 11 is 2.15. The molecule has 0 spiro atoms. The van der Waals surface area contributed by atoms with Gasteiger partial charge in [-0.15, -0.1) is 0 Å². The molecule has 8 heteroatoms. The van der Waals surface area contributed by atoms with Crippen LogP contribution in [0.5, 0.6) is 0 Å². The van der Waals surface area contributed by atoms with Gasteiger partial charge in [-0.3, -0.25) is 0 Å². The van der Waals surface area contributed by atoms with Crippen LogP contribution < -0.4 is 5.32 Å². The molecule has 1 aliphatic rings. The summed E-state index contributed by atoms with van der Waals surface area (Å²) in [5.41, 5.74) is 0. The molecule has 1 N–H and O–H groups in total. The van der Waals surface area contributed by atoms with E-state index in [0.717, 1.165) is 10.1 Å². The number of sulfone groups is 1. The number of nitrogens with one attached hydrogen (secondary N) is 1. The van der Waals surface area contributed by atoms with Crippen molar-refractivity contribution in [2.45, 2.75) is 23.0 Å². The van der Waals surface area contributed by atoms with Crippen molar-refractivity contribution >= 4 is 38.5 Å². The maximum absolute atomic E-state index is 12.8. The lowest BCUT2D eigenvalue weighted by atomic mass is 10.1. The van der Waals surface area contributed by atoms with Gasteiger partial charge in [0, 0.05) is 29.7 Å². The molecule has 0 saturated carbocycles. The molecule has 24 heavy (non-hydrogen) atoms. The van der Waals surface area contributed by atoms with Crippen LogP contribution in [0.4, 0.5) is 4.79 Å². The lowest BCUT2D eigenvalue weighted by Crippen LogP contribution is -2.49. The molecular weight excluding hydrogens is 441 g/mol. The lowest BCUT2D eigenvalue weighted by molar-refractivity contribution is 0.186. The van der Waals surface area contributed by atoms with E-state index in [9.17, 15) is 13.2 Å². The normalized spacial score (nSPS) is 18.7. The van der Waals surface area contributed by atoms with E-state index >= 15 is 0 Å². The Morgan fingerprint density at radius 2 is 2.00 bits per heavy atom. The Labute approximate surface area is 157 Å². The molecule has 1 unspecified atom stereocenters. The molecule has 1 heterocycles. The van der Waals surface area contributed by atoms with Gasteiger partial charge >= 0.3 is 6.03 Å². The second kappa shape index (κ2) is 8.48. The number of likely N-dealkylation sites (tertiary alicyclic amines) is 1. The molecule has 2 amide bonds. The number of rotatable bonds is 5. The summed E-state index contributed by atoms with van der Waals surface area (Å²) in [6, 6.07) is 6.70. The zero-order chi connectivity index (χ0) is 17.7. The van der Waals surface area contributed by atoms with Gasteiger partial charge in [-0.05, 0) is 73.8 Å². The minimum absolute atomic E-state index is 0.181. The van der Waals surface area contributed by atoms with Gasteiger partial charge in [-0.2, -0.15) is 0 Å². The Balaban J connectivity index is 2.01. The van der Waals surface area contributed by atoms with Gasteiger partial charge in [-0.25, -0.2) is 13.2 Å². The summed E-state index contributed by atoms with van der Waals surface area (Å²) in [6.45, 7) is 2.16. The molecule has 6 nitrogen and oxygen atoms in total. The number of nitrogens with zero attached hydrogens (tertiary/aromatic N) is 2. The summed E-state index contributed by atoms with van der Waals surface area (Å²) in [5.74, 6) is 0. The van der Waals surface area contributed by atoms with Gasteiger partial charge < -0.3 is 15.1 Å². The van der Waals surface area contributed by atoms with E-state index in [0.29, 0.717) is 30.8 Å². The summed E-state index contributed by atoms with van der Waals surface area (Å²) in [5, 5.41) is 2.32. The third-order valence-electron chi connectivity index (χ3n) is 4.08. The molecular formula is C16H24IN3O3S. The van der Waals surface area contributed by atoms with E-state index in [-0.39, 0.29) is 12.6 Å². The zero-order valence-corrected chi connectivity index (χ0v) is 17.0. The summed E-state index contributed by atoms with van der Waals surface area (Å²) in [7, 11) is 0.470. The van der Waals surface area contributed by atoms with Crippen LogP contribution in [0.25, 0.3) is 0 Å². The fraction of sp³-hybridized carbons (Fsp3) is 0.562. The highest BCUT2D eigenvalue weighted by atomic mass is 127. The maximum Gasteiger partial charge on any atom is 0.317 e. The lowest BCUT2D eigenvalue weighted by Gasteiger charge is -2.32. The number of urea groups is 1. The van der Waals surface area contributed by atoms with Crippen LogP contribution in [-0.4, -0.2) is 69.8 Å². The van der Waals surface area contributed by atoms with Crippen LogP contribution in [0.3, 0.4) is 0 Å². The first-order valence-electron chi connectivity index (χ1n) is 7.97. The standard InChI is InChI=1S/C16H24IN3O3S/c1-19(2)11-9-18-16(21)20-10-3-4-15(12-20)24(22,23)14-7-5-13(17)6-8-14/h5-8,15H,3-4,9-12H2,1-2H3,(H,18,21). The fourth-order valence-electron chi connectivity index (χ4n) is 2.69. The van der Waals surface area contributed by atoms with Gasteiger partial charge in [0.1, 0.15) is 0 Å². The van der Waals surface area contributed by atoms with Gasteiger partial charge in [0.25, 0.3) is 0 Å². The minimum atomic E-state index is -3.41. The SMILES string of the molecule is CN(C)CCNC(=O)N1CCCC(S(=O)(=O)c2ccc(I)cc2)C1. The Bertz CT molecular complexity index is 662. The van der Waals surface area contributed by atoms with Gasteiger partial charge in [0.2, 0.25) is 0 Å². The molecule has 0 aliphatic carbocycles. The first kappa shape index (κ1) is 19.5. The zero-order valence-electron chi connectivity index (χ0n) is 14.0. The number of carbonyl (C=O) groups excluding carboxylic acids is 1. The van der Waals surface area contributed by atoms with Crippen LogP contribution in [-0.2, 0) is 9.84 Å². The second-order valence-corrected chi connectivity index (χ2v) is 9.72. The van der Waals surface area contributed by atoms with Crippen molar-refractivity contribution in [2.24, 2.45) is 0 Å². The van der Waals surface area contributed by atoms with Gasteiger partial charge in [0.05, 0.1) is 10.1 Å². The molecule has 1 aromatic rings. The van der Waals surface area contributed by atoms with E-state index in [2.05, 4.69) is 27.9 Å². The van der Waals surface area contributed by atoms with Crippen LogP contribution >= 0.6 is 22.6 Å². The highest BCUT2D eigenvalue weighted by molar-refractivity contribution is 14.1. The number of hydrogen-bond acceptors (Lipinski definition) is 4. The molecule has 1 atom stereocenters.